The van der Waals surface area contributed by atoms with Crippen LogP contribution in [0.4, 0.5) is 5.69 Å². The fraction of sp³-hybridized carbons (Fsp3) is 0.450. The standard InChI is InChI=1S/C20H24N2O3S2/c1-15-13-16-7-3-4-8-18(16)22(15)27(24,25)20-10-9-17(26-20)14-19(23)21-11-5-2-6-12-21/h3-4,7-10,15H,2,5-6,11-14H2,1H3. The number of anilines is 1. The Balaban J connectivity index is 1.55. The minimum atomic E-state index is -3.61. The van der Waals surface area contributed by atoms with Crippen molar-refractivity contribution in [2.24, 2.45) is 0 Å². The van der Waals surface area contributed by atoms with Crippen LogP contribution >= 0.6 is 11.3 Å². The number of benzene rings is 1. The third-order valence-electron chi connectivity index (χ3n) is 5.33. The highest BCUT2D eigenvalue weighted by molar-refractivity contribution is 7.94. The summed E-state index contributed by atoms with van der Waals surface area (Å²) in [5.74, 6) is 0.0976. The predicted molar refractivity (Wildman–Crippen MR) is 108 cm³/mol. The molecule has 0 radical (unpaired) electrons. The number of thiophene rings is 1. The summed E-state index contributed by atoms with van der Waals surface area (Å²) >= 11 is 1.22. The van der Waals surface area contributed by atoms with Gasteiger partial charge in [0.25, 0.3) is 10.0 Å². The normalized spacial score (nSPS) is 20.0. The van der Waals surface area contributed by atoms with Crippen molar-refractivity contribution in [3.8, 4) is 0 Å². The van der Waals surface area contributed by atoms with Gasteiger partial charge in [0, 0.05) is 24.0 Å². The summed E-state index contributed by atoms with van der Waals surface area (Å²) < 4.78 is 28.3. The number of fused-ring (bicyclic) bond motifs is 1. The molecule has 1 aromatic heterocycles. The minimum Gasteiger partial charge on any atom is -0.342 e. The SMILES string of the molecule is CC1Cc2ccccc2N1S(=O)(=O)c1ccc(CC(=O)N2CCCCC2)s1. The third kappa shape index (κ3) is 3.50. The lowest BCUT2D eigenvalue weighted by atomic mass is 10.1. The molecule has 144 valence electrons. The van der Waals surface area contributed by atoms with Gasteiger partial charge in [-0.2, -0.15) is 0 Å². The predicted octanol–water partition coefficient (Wildman–Crippen LogP) is 3.44. The van der Waals surface area contributed by atoms with E-state index in [2.05, 4.69) is 0 Å². The fourth-order valence-electron chi connectivity index (χ4n) is 4.00. The molecule has 3 heterocycles. The Morgan fingerprint density at radius 1 is 1.11 bits per heavy atom. The highest BCUT2D eigenvalue weighted by Crippen LogP contribution is 2.38. The maximum absolute atomic E-state index is 13.2. The number of hydrogen-bond donors (Lipinski definition) is 0. The lowest BCUT2D eigenvalue weighted by Crippen LogP contribution is -2.36. The van der Waals surface area contributed by atoms with Gasteiger partial charge in [0.1, 0.15) is 4.21 Å². The van der Waals surface area contributed by atoms with Crippen LogP contribution in [0.2, 0.25) is 0 Å². The average molecular weight is 405 g/mol. The highest BCUT2D eigenvalue weighted by atomic mass is 32.2. The van der Waals surface area contributed by atoms with Gasteiger partial charge in [-0.15, -0.1) is 11.3 Å². The van der Waals surface area contributed by atoms with Gasteiger partial charge in [0.05, 0.1) is 12.1 Å². The average Bonchev–Trinajstić information content (AvgIpc) is 3.26. The smallest absolute Gasteiger partial charge is 0.274 e. The van der Waals surface area contributed by atoms with E-state index < -0.39 is 10.0 Å². The highest BCUT2D eigenvalue weighted by Gasteiger charge is 2.36. The number of hydrogen-bond acceptors (Lipinski definition) is 4. The zero-order valence-electron chi connectivity index (χ0n) is 15.4. The number of rotatable bonds is 4. The first-order valence-corrected chi connectivity index (χ1v) is 11.7. The van der Waals surface area contributed by atoms with Crippen LogP contribution < -0.4 is 4.31 Å². The molecule has 0 saturated carbocycles. The summed E-state index contributed by atoms with van der Waals surface area (Å²) in [5, 5.41) is 0. The largest absolute Gasteiger partial charge is 0.342 e. The summed E-state index contributed by atoms with van der Waals surface area (Å²) in [6.07, 6.45) is 4.30. The van der Waals surface area contributed by atoms with E-state index in [-0.39, 0.29) is 18.4 Å². The topological polar surface area (TPSA) is 57.7 Å². The molecule has 1 atom stereocenters. The van der Waals surface area contributed by atoms with Crippen molar-refractivity contribution in [2.75, 3.05) is 17.4 Å². The monoisotopic (exact) mass is 404 g/mol. The Morgan fingerprint density at radius 3 is 2.63 bits per heavy atom. The van der Waals surface area contributed by atoms with Crippen LogP contribution in [-0.4, -0.2) is 38.4 Å². The van der Waals surface area contributed by atoms with Gasteiger partial charge in [0.2, 0.25) is 5.91 Å². The number of piperidine rings is 1. The van der Waals surface area contributed by atoms with Crippen LogP contribution in [0.5, 0.6) is 0 Å². The summed E-state index contributed by atoms with van der Waals surface area (Å²) in [5.41, 5.74) is 1.83. The Kier molecular flexibility index (Phi) is 4.99. The first kappa shape index (κ1) is 18.5. The molecule has 7 heteroatoms. The van der Waals surface area contributed by atoms with Gasteiger partial charge in [-0.25, -0.2) is 8.42 Å². The molecule has 4 rings (SSSR count). The van der Waals surface area contributed by atoms with Gasteiger partial charge < -0.3 is 4.90 Å². The van der Waals surface area contributed by atoms with E-state index in [0.29, 0.717) is 4.21 Å². The number of amides is 1. The maximum atomic E-state index is 13.2. The van der Waals surface area contributed by atoms with E-state index in [1.807, 2.05) is 36.1 Å². The molecular weight excluding hydrogens is 380 g/mol. The molecule has 1 amide bonds. The van der Waals surface area contributed by atoms with Crippen molar-refractivity contribution in [1.82, 2.24) is 4.90 Å². The number of para-hydroxylation sites is 1. The van der Waals surface area contributed by atoms with Crippen LogP contribution in [0.25, 0.3) is 0 Å². The Bertz CT molecular complexity index is 946. The van der Waals surface area contributed by atoms with E-state index >= 15 is 0 Å². The number of carbonyl (C=O) groups excluding carboxylic acids is 1. The maximum Gasteiger partial charge on any atom is 0.274 e. The first-order valence-electron chi connectivity index (χ1n) is 9.45. The van der Waals surface area contributed by atoms with Crippen molar-refractivity contribution in [1.29, 1.82) is 0 Å². The first-order chi connectivity index (χ1) is 13.0. The molecule has 0 aliphatic carbocycles. The molecule has 1 unspecified atom stereocenters. The van der Waals surface area contributed by atoms with E-state index in [0.717, 1.165) is 48.5 Å². The van der Waals surface area contributed by atoms with Crippen LogP contribution in [0, 0.1) is 0 Å². The quantitative estimate of drug-likeness (QED) is 0.784. The summed E-state index contributed by atoms with van der Waals surface area (Å²) in [7, 11) is -3.61. The number of carbonyl (C=O) groups is 1. The molecule has 1 aromatic carbocycles. The molecule has 2 aromatic rings. The molecular formula is C20H24N2O3S2. The second kappa shape index (κ2) is 7.28. The summed E-state index contributed by atoms with van der Waals surface area (Å²) in [6, 6.07) is 11.0. The van der Waals surface area contributed by atoms with E-state index in [9.17, 15) is 13.2 Å². The molecule has 27 heavy (non-hydrogen) atoms. The van der Waals surface area contributed by atoms with Crippen molar-refractivity contribution >= 4 is 33.0 Å². The van der Waals surface area contributed by atoms with E-state index in [1.54, 1.807) is 12.1 Å². The molecule has 0 bridgehead atoms. The molecule has 5 nitrogen and oxygen atoms in total. The van der Waals surface area contributed by atoms with Crippen LogP contribution in [0.1, 0.15) is 36.6 Å². The zero-order chi connectivity index (χ0) is 19.0. The van der Waals surface area contributed by atoms with Gasteiger partial charge in [-0.05, 0) is 56.4 Å². The van der Waals surface area contributed by atoms with E-state index in [4.69, 9.17) is 0 Å². The molecule has 1 fully saturated rings. The zero-order valence-corrected chi connectivity index (χ0v) is 17.1. The Morgan fingerprint density at radius 2 is 1.85 bits per heavy atom. The van der Waals surface area contributed by atoms with Crippen LogP contribution in [-0.2, 0) is 27.7 Å². The van der Waals surface area contributed by atoms with Crippen LogP contribution in [0.3, 0.4) is 0 Å². The van der Waals surface area contributed by atoms with Gasteiger partial charge in [0.15, 0.2) is 0 Å². The van der Waals surface area contributed by atoms with Crippen molar-refractivity contribution in [3.05, 3.63) is 46.8 Å². The summed E-state index contributed by atoms with van der Waals surface area (Å²) in [6.45, 7) is 3.57. The molecule has 0 spiro atoms. The molecule has 0 N–H and O–H groups in total. The number of likely N-dealkylation sites (tertiary alicyclic amines) is 1. The fourth-order valence-corrected chi connectivity index (χ4v) is 7.13. The molecule has 1 saturated heterocycles. The van der Waals surface area contributed by atoms with Crippen LogP contribution in [0.15, 0.2) is 40.6 Å². The lowest BCUT2D eigenvalue weighted by Gasteiger charge is -2.26. The Hall–Kier alpha value is -1.86. The summed E-state index contributed by atoms with van der Waals surface area (Å²) in [4.78, 5) is 15.2. The minimum absolute atomic E-state index is 0.0976. The second-order valence-corrected chi connectivity index (χ2v) is 10.5. The van der Waals surface area contributed by atoms with Crippen molar-refractivity contribution < 1.29 is 13.2 Å². The third-order valence-corrected chi connectivity index (χ3v) is 8.81. The number of nitrogens with zero attached hydrogens (tertiary/aromatic N) is 2. The number of sulfonamides is 1. The van der Waals surface area contributed by atoms with E-state index in [1.165, 1.54) is 22.1 Å². The Labute approximate surface area is 164 Å². The molecule has 2 aliphatic rings. The van der Waals surface area contributed by atoms with Gasteiger partial charge >= 0.3 is 0 Å². The van der Waals surface area contributed by atoms with Gasteiger partial charge in [-0.1, -0.05) is 18.2 Å². The lowest BCUT2D eigenvalue weighted by molar-refractivity contribution is -0.131. The molecule has 2 aliphatic heterocycles. The van der Waals surface area contributed by atoms with Crippen molar-refractivity contribution in [2.45, 2.75) is 49.3 Å². The van der Waals surface area contributed by atoms with Gasteiger partial charge in [-0.3, -0.25) is 9.10 Å². The second-order valence-electron chi connectivity index (χ2n) is 7.32. The van der Waals surface area contributed by atoms with Crippen molar-refractivity contribution in [3.63, 3.8) is 0 Å².